The molecule has 23 heavy (non-hydrogen) atoms. The first-order valence-corrected chi connectivity index (χ1v) is 10.3. The summed E-state index contributed by atoms with van der Waals surface area (Å²) in [6.45, 7) is 0. The van der Waals surface area contributed by atoms with Crippen LogP contribution in [-0.2, 0) is 22.9 Å². The molecule has 0 amide bonds. The molecule has 0 radical (unpaired) electrons. The van der Waals surface area contributed by atoms with Gasteiger partial charge in [-0.15, -0.1) is 0 Å². The zero-order valence-corrected chi connectivity index (χ0v) is 14.5. The number of methoxy groups -OCH3 is 1. The second kappa shape index (κ2) is 5.78. The van der Waals surface area contributed by atoms with E-state index in [9.17, 15) is 8.42 Å². The van der Waals surface area contributed by atoms with E-state index in [0.717, 1.165) is 31.6 Å². The lowest BCUT2D eigenvalue weighted by Gasteiger charge is -2.24. The second-order valence-corrected chi connectivity index (χ2v) is 9.06. The molecule has 126 valence electrons. The Kier molecular flexibility index (Phi) is 3.88. The number of aryl methyl sites for hydroxylation is 2. The first-order valence-electron chi connectivity index (χ1n) is 8.79. The predicted octanol–water partition coefficient (Wildman–Crippen LogP) is 3.04. The molecule has 1 aromatic rings. The van der Waals surface area contributed by atoms with Crippen molar-refractivity contribution in [3.8, 4) is 5.75 Å². The Hall–Kier alpha value is -1.07. The van der Waals surface area contributed by atoms with Gasteiger partial charge >= 0.3 is 0 Å². The summed E-state index contributed by atoms with van der Waals surface area (Å²) in [6.07, 6.45) is 8.92. The average Bonchev–Trinajstić information content (AvgIpc) is 3.16. The van der Waals surface area contributed by atoms with Gasteiger partial charge in [-0.3, -0.25) is 0 Å². The molecular formula is C18H25NO3S. The van der Waals surface area contributed by atoms with Crippen molar-refractivity contribution in [2.75, 3.05) is 7.11 Å². The number of hydrogen-bond donors (Lipinski definition) is 1. The molecule has 2 bridgehead atoms. The van der Waals surface area contributed by atoms with Crippen LogP contribution in [0.1, 0.15) is 49.7 Å². The van der Waals surface area contributed by atoms with Crippen molar-refractivity contribution in [2.45, 2.75) is 62.3 Å². The third kappa shape index (κ3) is 2.78. The summed E-state index contributed by atoms with van der Waals surface area (Å²) in [5.41, 5.74) is 2.41. The van der Waals surface area contributed by atoms with Gasteiger partial charge in [0.15, 0.2) is 0 Å². The monoisotopic (exact) mass is 335 g/mol. The Morgan fingerprint density at radius 1 is 1.09 bits per heavy atom. The summed E-state index contributed by atoms with van der Waals surface area (Å²) < 4.78 is 34.3. The van der Waals surface area contributed by atoms with Crippen molar-refractivity contribution in [3.05, 3.63) is 23.3 Å². The number of nitrogens with one attached hydrogen (secondary N) is 1. The number of ether oxygens (including phenoxy) is 1. The Balaban J connectivity index is 1.65. The largest absolute Gasteiger partial charge is 0.495 e. The van der Waals surface area contributed by atoms with Crippen molar-refractivity contribution < 1.29 is 13.2 Å². The molecule has 0 spiro atoms. The van der Waals surface area contributed by atoms with Crippen LogP contribution in [-0.4, -0.2) is 21.6 Å². The van der Waals surface area contributed by atoms with Gasteiger partial charge in [0.1, 0.15) is 10.6 Å². The Morgan fingerprint density at radius 2 is 1.83 bits per heavy atom. The minimum atomic E-state index is -3.52. The van der Waals surface area contributed by atoms with Gasteiger partial charge in [-0.2, -0.15) is 0 Å². The third-order valence-corrected chi connectivity index (χ3v) is 7.47. The Morgan fingerprint density at radius 3 is 2.43 bits per heavy atom. The maximum absolute atomic E-state index is 12.9. The average molecular weight is 335 g/mol. The molecule has 4 rings (SSSR count). The number of rotatable bonds is 4. The third-order valence-electron chi connectivity index (χ3n) is 5.96. The lowest BCUT2D eigenvalue weighted by molar-refractivity contribution is 0.385. The van der Waals surface area contributed by atoms with Gasteiger partial charge < -0.3 is 4.74 Å². The van der Waals surface area contributed by atoms with Crippen LogP contribution in [0.25, 0.3) is 0 Å². The van der Waals surface area contributed by atoms with Gasteiger partial charge in [0.2, 0.25) is 10.0 Å². The van der Waals surface area contributed by atoms with Crippen LogP contribution in [0.15, 0.2) is 17.0 Å². The maximum Gasteiger partial charge on any atom is 0.244 e. The fraction of sp³-hybridized carbons (Fsp3) is 0.667. The van der Waals surface area contributed by atoms with Crippen LogP contribution >= 0.6 is 0 Å². The fourth-order valence-electron chi connectivity index (χ4n) is 4.76. The van der Waals surface area contributed by atoms with Crippen molar-refractivity contribution in [2.24, 2.45) is 11.8 Å². The molecule has 4 nitrogen and oxygen atoms in total. The highest BCUT2D eigenvalue weighted by atomic mass is 32.2. The molecule has 3 atom stereocenters. The van der Waals surface area contributed by atoms with Crippen molar-refractivity contribution in [3.63, 3.8) is 0 Å². The van der Waals surface area contributed by atoms with E-state index in [4.69, 9.17) is 4.74 Å². The zero-order valence-electron chi connectivity index (χ0n) is 13.7. The summed E-state index contributed by atoms with van der Waals surface area (Å²) in [5, 5.41) is 0. The minimum Gasteiger partial charge on any atom is -0.495 e. The minimum absolute atomic E-state index is 0.111. The van der Waals surface area contributed by atoms with Crippen LogP contribution in [0.3, 0.4) is 0 Å². The molecule has 5 heteroatoms. The van der Waals surface area contributed by atoms with Gasteiger partial charge in [-0.1, -0.05) is 6.42 Å². The topological polar surface area (TPSA) is 55.4 Å². The van der Waals surface area contributed by atoms with Crippen molar-refractivity contribution in [1.82, 2.24) is 4.72 Å². The van der Waals surface area contributed by atoms with Crippen LogP contribution in [0.5, 0.6) is 5.75 Å². The van der Waals surface area contributed by atoms with Crippen LogP contribution in [0, 0.1) is 11.8 Å². The summed E-state index contributed by atoms with van der Waals surface area (Å²) >= 11 is 0. The molecule has 0 aliphatic heterocycles. The molecule has 1 aromatic carbocycles. The smallest absolute Gasteiger partial charge is 0.244 e. The van der Waals surface area contributed by atoms with E-state index in [-0.39, 0.29) is 6.04 Å². The highest BCUT2D eigenvalue weighted by molar-refractivity contribution is 7.89. The van der Waals surface area contributed by atoms with Gasteiger partial charge in [0, 0.05) is 6.04 Å². The van der Waals surface area contributed by atoms with Crippen LogP contribution in [0.4, 0.5) is 0 Å². The molecule has 0 unspecified atom stereocenters. The normalized spacial score (nSPS) is 29.5. The highest BCUT2D eigenvalue weighted by Gasteiger charge is 2.41. The second-order valence-electron chi connectivity index (χ2n) is 7.38. The molecule has 0 saturated heterocycles. The molecule has 2 saturated carbocycles. The first kappa shape index (κ1) is 15.5. The van der Waals surface area contributed by atoms with E-state index in [1.54, 1.807) is 7.11 Å². The molecule has 3 aliphatic carbocycles. The summed E-state index contributed by atoms with van der Waals surface area (Å²) in [6, 6.07) is 3.90. The first-order chi connectivity index (χ1) is 11.1. The lowest BCUT2D eigenvalue weighted by atomic mass is 9.92. The molecular weight excluding hydrogens is 310 g/mol. The predicted molar refractivity (Wildman–Crippen MR) is 89.2 cm³/mol. The quantitative estimate of drug-likeness (QED) is 0.920. The number of sulfonamides is 1. The molecule has 3 aliphatic rings. The van der Waals surface area contributed by atoms with Crippen molar-refractivity contribution in [1.29, 1.82) is 0 Å². The van der Waals surface area contributed by atoms with E-state index >= 15 is 0 Å². The highest BCUT2D eigenvalue weighted by Crippen LogP contribution is 2.45. The summed E-state index contributed by atoms with van der Waals surface area (Å²) in [7, 11) is -1.96. The van der Waals surface area contributed by atoms with E-state index in [0.29, 0.717) is 16.6 Å². The van der Waals surface area contributed by atoms with E-state index < -0.39 is 10.0 Å². The standard InChI is InChI=1S/C18H25NO3S/c1-22-17-10-13-4-2-3-5-14(13)11-18(17)23(20,21)19-16-9-12-6-7-15(16)8-12/h10-12,15-16,19H,2-9H2,1H3/t12-,15-,16-/m1/s1. The molecule has 0 heterocycles. The SMILES string of the molecule is COc1cc2c(cc1S(=O)(=O)N[C@@H]1C[C@@H]3CC[C@@H]1C3)CCCC2. The van der Waals surface area contributed by atoms with Crippen LogP contribution < -0.4 is 9.46 Å². The van der Waals surface area contributed by atoms with Gasteiger partial charge in [-0.05, 0) is 80.0 Å². The summed E-state index contributed by atoms with van der Waals surface area (Å²) in [5.74, 6) is 1.73. The molecule has 0 aromatic heterocycles. The van der Waals surface area contributed by atoms with Gasteiger partial charge in [0.05, 0.1) is 7.11 Å². The number of fused-ring (bicyclic) bond motifs is 3. The fourth-order valence-corrected chi connectivity index (χ4v) is 6.28. The summed E-state index contributed by atoms with van der Waals surface area (Å²) in [4.78, 5) is 0.323. The lowest BCUT2D eigenvalue weighted by Crippen LogP contribution is -2.38. The molecule has 2 fully saturated rings. The van der Waals surface area contributed by atoms with Gasteiger partial charge in [0.25, 0.3) is 0 Å². The van der Waals surface area contributed by atoms with E-state index in [1.165, 1.54) is 36.8 Å². The van der Waals surface area contributed by atoms with E-state index in [2.05, 4.69) is 4.72 Å². The Labute approximate surface area is 138 Å². The Bertz CT molecular complexity index is 713. The number of hydrogen-bond acceptors (Lipinski definition) is 3. The van der Waals surface area contributed by atoms with E-state index in [1.807, 2.05) is 12.1 Å². The van der Waals surface area contributed by atoms with Crippen LogP contribution in [0.2, 0.25) is 0 Å². The zero-order chi connectivity index (χ0) is 16.0. The van der Waals surface area contributed by atoms with Crippen molar-refractivity contribution >= 4 is 10.0 Å². The number of benzene rings is 1. The maximum atomic E-state index is 12.9. The molecule has 1 N–H and O–H groups in total. The van der Waals surface area contributed by atoms with Gasteiger partial charge in [-0.25, -0.2) is 13.1 Å².